The van der Waals surface area contributed by atoms with E-state index in [9.17, 15) is 9.59 Å². The lowest BCUT2D eigenvalue weighted by Gasteiger charge is -2.36. The molecule has 1 saturated heterocycles. The number of piperazine rings is 1. The zero-order chi connectivity index (χ0) is 16.1. The molecule has 0 spiro atoms. The number of rotatable bonds is 3. The molecule has 22 heavy (non-hydrogen) atoms. The van der Waals surface area contributed by atoms with Crippen molar-refractivity contribution in [2.45, 2.75) is 26.8 Å². The smallest absolute Gasteiger partial charge is 0.317 e. The van der Waals surface area contributed by atoms with Crippen molar-refractivity contribution in [2.24, 2.45) is 0 Å². The van der Waals surface area contributed by atoms with E-state index in [1.807, 2.05) is 43.0 Å². The Morgan fingerprint density at radius 3 is 2.14 bits per heavy atom. The number of benzene rings is 1. The zero-order valence-electron chi connectivity index (χ0n) is 13.4. The predicted octanol–water partition coefficient (Wildman–Crippen LogP) is 1.88. The van der Waals surface area contributed by atoms with Gasteiger partial charge in [0.1, 0.15) is 0 Å². The van der Waals surface area contributed by atoms with Crippen molar-refractivity contribution >= 4 is 23.3 Å². The van der Waals surface area contributed by atoms with Gasteiger partial charge >= 0.3 is 6.03 Å². The normalized spacial score (nSPS) is 14.9. The molecule has 1 aliphatic rings. The van der Waals surface area contributed by atoms with Crippen LogP contribution in [0.1, 0.15) is 20.8 Å². The summed E-state index contributed by atoms with van der Waals surface area (Å²) >= 11 is 0. The largest absolute Gasteiger partial charge is 0.368 e. The van der Waals surface area contributed by atoms with Gasteiger partial charge in [-0.2, -0.15) is 0 Å². The number of nitrogens with one attached hydrogen (secondary N) is 2. The van der Waals surface area contributed by atoms with E-state index < -0.39 is 0 Å². The van der Waals surface area contributed by atoms with Gasteiger partial charge in [-0.25, -0.2) is 4.79 Å². The molecule has 2 N–H and O–H groups in total. The summed E-state index contributed by atoms with van der Waals surface area (Å²) in [6.45, 7) is 8.47. The highest BCUT2D eigenvalue weighted by Crippen LogP contribution is 2.19. The standard InChI is InChI=1S/C16H24N4O2/c1-12(2)17-16(22)20-10-8-19(9-11-20)15-6-4-14(5-7-15)18-13(3)21/h4-7,12H,8-11H2,1-3H3,(H,17,22)(H,18,21). The van der Waals surface area contributed by atoms with Crippen LogP contribution in [0.5, 0.6) is 0 Å². The van der Waals surface area contributed by atoms with E-state index >= 15 is 0 Å². The van der Waals surface area contributed by atoms with Crippen LogP contribution in [0.3, 0.4) is 0 Å². The Bertz CT molecular complexity index is 519. The Kier molecular flexibility index (Phi) is 5.25. The summed E-state index contributed by atoms with van der Waals surface area (Å²) in [7, 11) is 0. The summed E-state index contributed by atoms with van der Waals surface area (Å²) < 4.78 is 0. The molecule has 1 aromatic carbocycles. The van der Waals surface area contributed by atoms with Gasteiger partial charge < -0.3 is 20.4 Å². The highest BCUT2D eigenvalue weighted by molar-refractivity contribution is 5.88. The SMILES string of the molecule is CC(=O)Nc1ccc(N2CCN(C(=O)NC(C)C)CC2)cc1. The van der Waals surface area contributed by atoms with Gasteiger partial charge in [-0.3, -0.25) is 4.79 Å². The predicted molar refractivity (Wildman–Crippen MR) is 88.2 cm³/mol. The summed E-state index contributed by atoms with van der Waals surface area (Å²) in [5.41, 5.74) is 1.91. The van der Waals surface area contributed by atoms with E-state index in [1.165, 1.54) is 6.92 Å². The second-order valence-electron chi connectivity index (χ2n) is 5.81. The van der Waals surface area contributed by atoms with Crippen LogP contribution in [0.25, 0.3) is 0 Å². The average Bonchev–Trinajstić information content (AvgIpc) is 2.47. The first-order chi connectivity index (χ1) is 10.5. The van der Waals surface area contributed by atoms with Gasteiger partial charge in [0.15, 0.2) is 0 Å². The summed E-state index contributed by atoms with van der Waals surface area (Å²) in [4.78, 5) is 27.1. The van der Waals surface area contributed by atoms with Crippen LogP contribution in [0.2, 0.25) is 0 Å². The molecule has 1 fully saturated rings. The number of hydrogen-bond acceptors (Lipinski definition) is 3. The second kappa shape index (κ2) is 7.15. The van der Waals surface area contributed by atoms with E-state index in [0.717, 1.165) is 24.5 Å². The first-order valence-electron chi connectivity index (χ1n) is 7.64. The number of carbonyl (C=O) groups excluding carboxylic acids is 2. The van der Waals surface area contributed by atoms with Gasteiger partial charge in [0.25, 0.3) is 0 Å². The Balaban J connectivity index is 1.88. The van der Waals surface area contributed by atoms with Crippen molar-refractivity contribution in [1.29, 1.82) is 0 Å². The molecule has 6 heteroatoms. The fourth-order valence-corrected chi connectivity index (χ4v) is 2.46. The van der Waals surface area contributed by atoms with Crippen LogP contribution < -0.4 is 15.5 Å². The van der Waals surface area contributed by atoms with Crippen LogP contribution >= 0.6 is 0 Å². The highest BCUT2D eigenvalue weighted by atomic mass is 16.2. The van der Waals surface area contributed by atoms with Crippen LogP contribution in [-0.2, 0) is 4.79 Å². The van der Waals surface area contributed by atoms with Crippen molar-refractivity contribution in [2.75, 3.05) is 36.4 Å². The maximum atomic E-state index is 12.0. The molecular weight excluding hydrogens is 280 g/mol. The van der Waals surface area contributed by atoms with Gasteiger partial charge in [0.05, 0.1) is 0 Å². The molecule has 1 aromatic rings. The van der Waals surface area contributed by atoms with Crippen molar-refractivity contribution in [3.63, 3.8) is 0 Å². The van der Waals surface area contributed by atoms with E-state index in [1.54, 1.807) is 0 Å². The number of amides is 3. The number of urea groups is 1. The molecular formula is C16H24N4O2. The minimum atomic E-state index is -0.0717. The topological polar surface area (TPSA) is 64.7 Å². The van der Waals surface area contributed by atoms with Gasteiger partial charge in [-0.05, 0) is 38.1 Å². The Morgan fingerprint density at radius 2 is 1.64 bits per heavy atom. The summed E-state index contributed by atoms with van der Waals surface area (Å²) in [6.07, 6.45) is 0. The minimum Gasteiger partial charge on any atom is -0.368 e. The number of hydrogen-bond donors (Lipinski definition) is 2. The monoisotopic (exact) mass is 304 g/mol. The van der Waals surface area contributed by atoms with E-state index in [-0.39, 0.29) is 18.0 Å². The van der Waals surface area contributed by atoms with Crippen molar-refractivity contribution in [3.05, 3.63) is 24.3 Å². The van der Waals surface area contributed by atoms with Gasteiger partial charge in [-0.15, -0.1) is 0 Å². The molecule has 3 amide bonds. The zero-order valence-corrected chi connectivity index (χ0v) is 13.4. The fraction of sp³-hybridized carbons (Fsp3) is 0.500. The molecule has 2 rings (SSSR count). The lowest BCUT2D eigenvalue weighted by Crippen LogP contribution is -2.52. The number of nitrogens with zero attached hydrogens (tertiary/aromatic N) is 2. The second-order valence-corrected chi connectivity index (χ2v) is 5.81. The molecule has 0 aromatic heterocycles. The first-order valence-corrected chi connectivity index (χ1v) is 7.64. The van der Waals surface area contributed by atoms with Crippen molar-refractivity contribution in [3.8, 4) is 0 Å². The van der Waals surface area contributed by atoms with E-state index in [4.69, 9.17) is 0 Å². The van der Waals surface area contributed by atoms with Crippen LogP contribution in [0.15, 0.2) is 24.3 Å². The molecule has 0 aliphatic carbocycles. The maximum Gasteiger partial charge on any atom is 0.317 e. The molecule has 0 unspecified atom stereocenters. The van der Waals surface area contributed by atoms with Crippen molar-refractivity contribution in [1.82, 2.24) is 10.2 Å². The third kappa shape index (κ3) is 4.38. The van der Waals surface area contributed by atoms with Gasteiger partial charge in [0.2, 0.25) is 5.91 Å². The highest BCUT2D eigenvalue weighted by Gasteiger charge is 2.21. The van der Waals surface area contributed by atoms with Crippen LogP contribution in [-0.4, -0.2) is 49.1 Å². The average molecular weight is 304 g/mol. The number of carbonyl (C=O) groups is 2. The maximum absolute atomic E-state index is 12.0. The molecule has 120 valence electrons. The van der Waals surface area contributed by atoms with E-state index in [0.29, 0.717) is 13.1 Å². The van der Waals surface area contributed by atoms with E-state index in [2.05, 4.69) is 15.5 Å². The Hall–Kier alpha value is -2.24. The molecule has 1 aliphatic heterocycles. The van der Waals surface area contributed by atoms with Crippen molar-refractivity contribution < 1.29 is 9.59 Å². The third-order valence-electron chi connectivity index (χ3n) is 3.53. The van der Waals surface area contributed by atoms with Gasteiger partial charge in [0, 0.05) is 50.5 Å². The molecule has 0 saturated carbocycles. The third-order valence-corrected chi connectivity index (χ3v) is 3.53. The first kappa shape index (κ1) is 16.1. The molecule has 6 nitrogen and oxygen atoms in total. The fourth-order valence-electron chi connectivity index (χ4n) is 2.46. The molecule has 0 atom stereocenters. The lowest BCUT2D eigenvalue weighted by atomic mass is 10.2. The lowest BCUT2D eigenvalue weighted by molar-refractivity contribution is -0.114. The Morgan fingerprint density at radius 1 is 1.05 bits per heavy atom. The number of anilines is 2. The molecule has 0 radical (unpaired) electrons. The minimum absolute atomic E-state index is 0.00987. The van der Waals surface area contributed by atoms with Crippen LogP contribution in [0, 0.1) is 0 Å². The molecule has 1 heterocycles. The summed E-state index contributed by atoms with van der Waals surface area (Å²) in [5.74, 6) is -0.0717. The summed E-state index contributed by atoms with van der Waals surface area (Å²) in [5, 5.41) is 5.68. The van der Waals surface area contributed by atoms with Crippen LogP contribution in [0.4, 0.5) is 16.2 Å². The Labute approximate surface area is 131 Å². The quantitative estimate of drug-likeness (QED) is 0.896. The summed E-state index contributed by atoms with van der Waals surface area (Å²) in [6, 6.07) is 7.95. The van der Waals surface area contributed by atoms with Gasteiger partial charge in [-0.1, -0.05) is 0 Å². The molecule has 0 bridgehead atoms.